The van der Waals surface area contributed by atoms with Crippen LogP contribution in [0, 0.1) is 0 Å². The monoisotopic (exact) mass is 307 g/mol. The fourth-order valence-electron chi connectivity index (χ4n) is 2.88. The predicted molar refractivity (Wildman–Crippen MR) is 93.4 cm³/mol. The van der Waals surface area contributed by atoms with Crippen molar-refractivity contribution in [2.75, 3.05) is 0 Å². The third-order valence-corrected chi connectivity index (χ3v) is 4.22. The summed E-state index contributed by atoms with van der Waals surface area (Å²) in [5.41, 5.74) is 3.38. The topological polar surface area (TPSA) is 46.9 Å². The van der Waals surface area contributed by atoms with E-state index in [2.05, 4.69) is 29.4 Å². The minimum absolute atomic E-state index is 0.0519. The highest BCUT2D eigenvalue weighted by molar-refractivity contribution is 5.74. The summed E-state index contributed by atoms with van der Waals surface area (Å²) in [6.45, 7) is 4.08. The second-order valence-electron chi connectivity index (χ2n) is 5.87. The third-order valence-electron chi connectivity index (χ3n) is 4.22. The number of rotatable bonds is 4. The third kappa shape index (κ3) is 3.03. The van der Waals surface area contributed by atoms with Gasteiger partial charge in [0, 0.05) is 13.1 Å². The second-order valence-corrected chi connectivity index (χ2v) is 5.87. The van der Waals surface area contributed by atoms with E-state index in [0.717, 1.165) is 11.0 Å². The summed E-state index contributed by atoms with van der Waals surface area (Å²) in [4.78, 5) is 17.2. The quantitative estimate of drug-likeness (QED) is 0.804. The highest BCUT2D eigenvalue weighted by Crippen LogP contribution is 2.18. The van der Waals surface area contributed by atoms with Crippen molar-refractivity contribution in [2.24, 2.45) is 7.05 Å². The summed E-state index contributed by atoms with van der Waals surface area (Å²) >= 11 is 0. The van der Waals surface area contributed by atoms with Gasteiger partial charge in [-0.2, -0.15) is 0 Å². The first-order chi connectivity index (χ1) is 11.1. The Hall–Kier alpha value is -2.46. The fourth-order valence-corrected chi connectivity index (χ4v) is 2.88. The van der Waals surface area contributed by atoms with E-state index in [1.807, 2.05) is 49.4 Å². The number of benzene rings is 2. The van der Waals surface area contributed by atoms with Crippen LogP contribution in [0.1, 0.15) is 37.2 Å². The van der Waals surface area contributed by atoms with E-state index in [9.17, 15) is 4.79 Å². The van der Waals surface area contributed by atoms with E-state index in [0.29, 0.717) is 5.69 Å². The molecular formula is C19H21N3O. The molecule has 0 aliphatic heterocycles. The van der Waals surface area contributed by atoms with Crippen molar-refractivity contribution >= 4 is 11.0 Å². The first kappa shape index (κ1) is 15.4. The van der Waals surface area contributed by atoms with E-state index in [1.165, 1.54) is 5.56 Å². The van der Waals surface area contributed by atoms with Gasteiger partial charge in [-0.3, -0.25) is 4.79 Å². The Labute approximate surface area is 135 Å². The molecule has 23 heavy (non-hydrogen) atoms. The lowest BCUT2D eigenvalue weighted by Gasteiger charge is -2.20. The lowest BCUT2D eigenvalue weighted by atomic mass is 10.1. The van der Waals surface area contributed by atoms with Crippen molar-refractivity contribution in [3.05, 3.63) is 76.2 Å². The van der Waals surface area contributed by atoms with Gasteiger partial charge in [0.05, 0.1) is 17.1 Å². The molecule has 3 aromatic rings. The summed E-state index contributed by atoms with van der Waals surface area (Å²) in [7, 11) is 1.79. The SMILES string of the molecule is C[C@H](N[C@@H](C)c1nc2ccccc2n(C)c1=O)c1ccccc1. The van der Waals surface area contributed by atoms with Crippen LogP contribution in [0.25, 0.3) is 11.0 Å². The van der Waals surface area contributed by atoms with E-state index < -0.39 is 0 Å². The first-order valence-electron chi connectivity index (χ1n) is 7.84. The van der Waals surface area contributed by atoms with Crippen molar-refractivity contribution in [3.8, 4) is 0 Å². The van der Waals surface area contributed by atoms with Crippen LogP contribution in [-0.4, -0.2) is 9.55 Å². The molecule has 3 rings (SSSR count). The van der Waals surface area contributed by atoms with Crippen LogP contribution in [0.2, 0.25) is 0 Å². The summed E-state index contributed by atoms with van der Waals surface area (Å²) < 4.78 is 1.67. The maximum Gasteiger partial charge on any atom is 0.274 e. The molecule has 2 atom stereocenters. The number of para-hydroxylation sites is 2. The molecule has 0 radical (unpaired) electrons. The molecular weight excluding hydrogens is 286 g/mol. The molecule has 0 spiro atoms. The van der Waals surface area contributed by atoms with Crippen LogP contribution < -0.4 is 10.9 Å². The van der Waals surface area contributed by atoms with Gasteiger partial charge in [0.2, 0.25) is 0 Å². The molecule has 4 nitrogen and oxygen atoms in total. The molecule has 1 heterocycles. The zero-order valence-corrected chi connectivity index (χ0v) is 13.7. The number of aromatic nitrogens is 2. The molecule has 1 N–H and O–H groups in total. The largest absolute Gasteiger partial charge is 0.308 e. The van der Waals surface area contributed by atoms with E-state index in [-0.39, 0.29) is 17.6 Å². The normalized spacial score (nSPS) is 13.9. The van der Waals surface area contributed by atoms with Gasteiger partial charge in [-0.25, -0.2) is 4.98 Å². The van der Waals surface area contributed by atoms with Gasteiger partial charge in [-0.1, -0.05) is 42.5 Å². The molecule has 4 heteroatoms. The van der Waals surface area contributed by atoms with Gasteiger partial charge < -0.3 is 9.88 Å². The van der Waals surface area contributed by atoms with E-state index in [1.54, 1.807) is 11.6 Å². The van der Waals surface area contributed by atoms with Crippen LogP contribution in [0.4, 0.5) is 0 Å². The molecule has 0 unspecified atom stereocenters. The minimum Gasteiger partial charge on any atom is -0.308 e. The highest BCUT2D eigenvalue weighted by Gasteiger charge is 2.17. The Balaban J connectivity index is 1.93. The molecule has 0 aliphatic carbocycles. The summed E-state index contributed by atoms with van der Waals surface area (Å²) in [6, 6.07) is 17.9. The first-order valence-corrected chi connectivity index (χ1v) is 7.84. The lowest BCUT2D eigenvalue weighted by Crippen LogP contribution is -2.31. The summed E-state index contributed by atoms with van der Waals surface area (Å²) in [5, 5.41) is 3.47. The van der Waals surface area contributed by atoms with Crippen LogP contribution in [0.3, 0.4) is 0 Å². The molecule has 0 aliphatic rings. The molecule has 0 fully saturated rings. The fraction of sp³-hybridized carbons (Fsp3) is 0.263. The Morgan fingerprint density at radius 3 is 2.35 bits per heavy atom. The maximum atomic E-state index is 12.6. The number of hydrogen-bond donors (Lipinski definition) is 1. The number of nitrogens with zero attached hydrogens (tertiary/aromatic N) is 2. The van der Waals surface area contributed by atoms with Crippen LogP contribution in [-0.2, 0) is 7.05 Å². The van der Waals surface area contributed by atoms with E-state index >= 15 is 0 Å². The van der Waals surface area contributed by atoms with Gasteiger partial charge in [0.25, 0.3) is 5.56 Å². The standard InChI is InChI=1S/C19H21N3O/c1-13(15-9-5-4-6-10-15)20-14(2)18-19(23)22(3)17-12-8-7-11-16(17)21-18/h4-14,20H,1-3H3/t13-,14-/m0/s1. The van der Waals surface area contributed by atoms with E-state index in [4.69, 9.17) is 0 Å². The molecule has 0 bridgehead atoms. The zero-order valence-electron chi connectivity index (χ0n) is 13.7. The lowest BCUT2D eigenvalue weighted by molar-refractivity contribution is 0.481. The smallest absolute Gasteiger partial charge is 0.274 e. The number of fused-ring (bicyclic) bond motifs is 1. The maximum absolute atomic E-state index is 12.6. The average molecular weight is 307 g/mol. The summed E-state index contributed by atoms with van der Waals surface area (Å²) in [5.74, 6) is 0. The molecule has 1 aromatic heterocycles. The molecule has 0 amide bonds. The Morgan fingerprint density at radius 2 is 1.61 bits per heavy atom. The van der Waals surface area contributed by atoms with Gasteiger partial charge in [-0.05, 0) is 31.5 Å². The number of aryl methyl sites for hydroxylation is 1. The number of hydrogen-bond acceptors (Lipinski definition) is 3. The average Bonchev–Trinajstić information content (AvgIpc) is 2.58. The van der Waals surface area contributed by atoms with Crippen molar-refractivity contribution in [3.63, 3.8) is 0 Å². The molecule has 118 valence electrons. The van der Waals surface area contributed by atoms with Crippen LogP contribution in [0.15, 0.2) is 59.4 Å². The predicted octanol–water partition coefficient (Wildman–Crippen LogP) is 3.35. The number of nitrogens with one attached hydrogen (secondary N) is 1. The molecule has 2 aromatic carbocycles. The minimum atomic E-state index is -0.131. The Kier molecular flexibility index (Phi) is 4.26. The van der Waals surface area contributed by atoms with Crippen molar-refractivity contribution in [1.29, 1.82) is 0 Å². The van der Waals surface area contributed by atoms with Crippen molar-refractivity contribution in [2.45, 2.75) is 25.9 Å². The zero-order chi connectivity index (χ0) is 16.4. The van der Waals surface area contributed by atoms with Gasteiger partial charge in [-0.15, -0.1) is 0 Å². The van der Waals surface area contributed by atoms with Gasteiger partial charge >= 0.3 is 0 Å². The van der Waals surface area contributed by atoms with Crippen LogP contribution in [0.5, 0.6) is 0 Å². The van der Waals surface area contributed by atoms with Gasteiger partial charge in [0.15, 0.2) is 0 Å². The van der Waals surface area contributed by atoms with Gasteiger partial charge in [0.1, 0.15) is 5.69 Å². The van der Waals surface area contributed by atoms with Crippen molar-refractivity contribution < 1.29 is 0 Å². The Bertz CT molecular complexity index is 871. The Morgan fingerprint density at radius 1 is 0.957 bits per heavy atom. The highest BCUT2D eigenvalue weighted by atomic mass is 16.1. The van der Waals surface area contributed by atoms with Crippen LogP contribution >= 0.6 is 0 Å². The molecule has 0 saturated carbocycles. The summed E-state index contributed by atoms with van der Waals surface area (Å²) in [6.07, 6.45) is 0. The second kappa shape index (κ2) is 6.34. The van der Waals surface area contributed by atoms with Crippen molar-refractivity contribution in [1.82, 2.24) is 14.9 Å². The molecule has 0 saturated heterocycles.